The number of hydrogen-bond donors (Lipinski definition) is 1. The zero-order valence-electron chi connectivity index (χ0n) is 15.0. The zero-order valence-corrected chi connectivity index (χ0v) is 18.1. The Morgan fingerprint density at radius 2 is 2.11 bits per heavy atom. The first-order valence-electron chi connectivity index (χ1n) is 8.68. The number of halogens is 2. The largest absolute Gasteiger partial charge is 0.383 e. The second-order valence-electron chi connectivity index (χ2n) is 6.91. The van der Waals surface area contributed by atoms with Gasteiger partial charge in [-0.3, -0.25) is 0 Å². The highest BCUT2D eigenvalue weighted by molar-refractivity contribution is 7.98. The number of hydrogen-bond acceptors (Lipinski definition) is 6. The summed E-state index contributed by atoms with van der Waals surface area (Å²) in [6.45, 7) is 4.99. The topological polar surface area (TPSA) is 61.0 Å². The first kappa shape index (κ1) is 19.3. The Balaban J connectivity index is 1.60. The molecule has 0 saturated heterocycles. The monoisotopic (exact) mass is 439 g/mol. The normalized spacial score (nSPS) is 16.9. The van der Waals surface area contributed by atoms with Gasteiger partial charge in [-0.05, 0) is 29.2 Å². The lowest BCUT2D eigenvalue weighted by molar-refractivity contribution is 0.00203. The van der Waals surface area contributed by atoms with Gasteiger partial charge in [-0.1, -0.05) is 54.9 Å². The smallest absolute Gasteiger partial charge is 0.191 e. The van der Waals surface area contributed by atoms with E-state index in [9.17, 15) is 0 Å². The molecule has 2 aromatic heterocycles. The Morgan fingerprint density at radius 1 is 1.30 bits per heavy atom. The summed E-state index contributed by atoms with van der Waals surface area (Å²) in [6.07, 6.45) is 1.09. The van der Waals surface area contributed by atoms with Crippen molar-refractivity contribution in [2.45, 2.75) is 43.9 Å². The molecule has 27 heavy (non-hydrogen) atoms. The summed E-state index contributed by atoms with van der Waals surface area (Å²) in [6, 6.07) is 5.62. The van der Waals surface area contributed by atoms with Crippen molar-refractivity contribution < 1.29 is 4.74 Å². The van der Waals surface area contributed by atoms with E-state index in [4.69, 9.17) is 38.7 Å². The molecule has 0 amide bonds. The first-order valence-corrected chi connectivity index (χ1v) is 11.2. The number of ether oxygens (including phenoxy) is 1. The highest BCUT2D eigenvalue weighted by Gasteiger charge is 2.27. The van der Waals surface area contributed by atoms with E-state index in [1.165, 1.54) is 22.2 Å². The Kier molecular flexibility index (Phi) is 5.54. The van der Waals surface area contributed by atoms with Crippen LogP contribution in [0.4, 0.5) is 5.82 Å². The lowest BCUT2D eigenvalue weighted by Crippen LogP contribution is -2.26. The summed E-state index contributed by atoms with van der Waals surface area (Å²) in [5.41, 5.74) is 8.65. The molecule has 0 saturated carbocycles. The van der Waals surface area contributed by atoms with Crippen molar-refractivity contribution >= 4 is 62.3 Å². The summed E-state index contributed by atoms with van der Waals surface area (Å²) in [5.74, 6) is 1.72. The van der Waals surface area contributed by atoms with Crippen LogP contribution in [-0.2, 0) is 23.5 Å². The number of nitrogen functional groups attached to an aromatic ring is 1. The van der Waals surface area contributed by atoms with E-state index in [2.05, 4.69) is 18.8 Å². The van der Waals surface area contributed by atoms with E-state index < -0.39 is 0 Å². The van der Waals surface area contributed by atoms with Gasteiger partial charge in [0, 0.05) is 17.1 Å². The average molecular weight is 440 g/mol. The van der Waals surface area contributed by atoms with Crippen molar-refractivity contribution in [1.82, 2.24) is 9.97 Å². The third-order valence-electron chi connectivity index (χ3n) is 4.67. The summed E-state index contributed by atoms with van der Waals surface area (Å²) in [5, 5.41) is 2.78. The molecule has 1 aromatic carbocycles. The minimum absolute atomic E-state index is 0.221. The fourth-order valence-electron chi connectivity index (χ4n) is 3.16. The molecular formula is C19H19Cl2N3OS2. The standard InChI is InChI=1S/C19H19Cl2N3OS2/c1-9(2)14-6-11-15(7-25-14)27-18-16(11)17(22)23-19(24-18)26-8-10-3-4-12(20)13(21)5-10/h3-5,9,14H,6-8H2,1-2H3,(H2,22,23,24)/t14-/m1/s1. The Morgan fingerprint density at radius 3 is 2.85 bits per heavy atom. The van der Waals surface area contributed by atoms with Crippen LogP contribution in [-0.4, -0.2) is 16.1 Å². The number of fused-ring (bicyclic) bond motifs is 3. The van der Waals surface area contributed by atoms with E-state index in [0.29, 0.717) is 39.3 Å². The fourth-order valence-corrected chi connectivity index (χ4v) is 5.46. The summed E-state index contributed by atoms with van der Waals surface area (Å²) in [7, 11) is 0. The molecule has 0 spiro atoms. The van der Waals surface area contributed by atoms with Crippen LogP contribution in [0.15, 0.2) is 23.4 Å². The number of thiophene rings is 1. The van der Waals surface area contributed by atoms with Crippen LogP contribution in [0.3, 0.4) is 0 Å². The summed E-state index contributed by atoms with van der Waals surface area (Å²) in [4.78, 5) is 11.4. The molecule has 0 unspecified atom stereocenters. The molecule has 0 radical (unpaired) electrons. The minimum Gasteiger partial charge on any atom is -0.383 e. The number of aromatic nitrogens is 2. The summed E-state index contributed by atoms with van der Waals surface area (Å²) < 4.78 is 5.98. The molecule has 1 aliphatic rings. The van der Waals surface area contributed by atoms with Crippen molar-refractivity contribution in [2.24, 2.45) is 5.92 Å². The van der Waals surface area contributed by atoms with Gasteiger partial charge in [0.25, 0.3) is 0 Å². The van der Waals surface area contributed by atoms with E-state index in [-0.39, 0.29) is 6.10 Å². The number of nitrogens with zero attached hydrogens (tertiary/aromatic N) is 2. The molecule has 2 N–H and O–H groups in total. The molecule has 4 nitrogen and oxygen atoms in total. The maximum absolute atomic E-state index is 6.32. The van der Waals surface area contributed by atoms with Crippen LogP contribution in [0, 0.1) is 5.92 Å². The quantitative estimate of drug-likeness (QED) is 0.400. The Labute approximate surface area is 176 Å². The Bertz CT molecular complexity index is 1010. The number of nitrogens with two attached hydrogens (primary N) is 1. The van der Waals surface area contributed by atoms with E-state index >= 15 is 0 Å². The second-order valence-corrected chi connectivity index (χ2v) is 9.75. The van der Waals surface area contributed by atoms with Gasteiger partial charge in [0.05, 0.1) is 28.1 Å². The van der Waals surface area contributed by atoms with Crippen LogP contribution >= 0.6 is 46.3 Å². The van der Waals surface area contributed by atoms with Crippen molar-refractivity contribution in [3.05, 3.63) is 44.2 Å². The lowest BCUT2D eigenvalue weighted by atomic mass is 9.96. The molecule has 1 aliphatic heterocycles. The maximum Gasteiger partial charge on any atom is 0.191 e. The molecule has 3 heterocycles. The molecule has 142 valence electrons. The third kappa shape index (κ3) is 3.91. The molecule has 4 rings (SSSR count). The van der Waals surface area contributed by atoms with Gasteiger partial charge >= 0.3 is 0 Å². The molecule has 8 heteroatoms. The average Bonchev–Trinajstić information content (AvgIpc) is 3.00. The van der Waals surface area contributed by atoms with Crippen molar-refractivity contribution in [1.29, 1.82) is 0 Å². The van der Waals surface area contributed by atoms with Crippen LogP contribution < -0.4 is 5.73 Å². The number of anilines is 1. The highest BCUT2D eigenvalue weighted by Crippen LogP contribution is 2.39. The number of rotatable bonds is 4. The zero-order chi connectivity index (χ0) is 19.1. The number of benzene rings is 1. The maximum atomic E-state index is 6.32. The van der Waals surface area contributed by atoms with Crippen molar-refractivity contribution in [3.8, 4) is 0 Å². The third-order valence-corrected chi connectivity index (χ3v) is 7.43. The molecule has 0 aliphatic carbocycles. The van der Waals surface area contributed by atoms with E-state index in [0.717, 1.165) is 22.2 Å². The van der Waals surface area contributed by atoms with Crippen LogP contribution in [0.5, 0.6) is 0 Å². The summed E-state index contributed by atoms with van der Waals surface area (Å²) >= 11 is 15.3. The van der Waals surface area contributed by atoms with Gasteiger partial charge in [-0.25, -0.2) is 9.97 Å². The minimum atomic E-state index is 0.221. The van der Waals surface area contributed by atoms with E-state index in [1.54, 1.807) is 17.4 Å². The molecule has 0 fully saturated rings. The van der Waals surface area contributed by atoms with E-state index in [1.807, 2.05) is 12.1 Å². The van der Waals surface area contributed by atoms with Gasteiger partial charge in [0.15, 0.2) is 5.16 Å². The first-order chi connectivity index (χ1) is 12.9. The molecular weight excluding hydrogens is 421 g/mol. The van der Waals surface area contributed by atoms with Gasteiger partial charge in [0.2, 0.25) is 0 Å². The highest BCUT2D eigenvalue weighted by atomic mass is 35.5. The molecule has 0 bridgehead atoms. The Hall–Kier alpha value is -1.05. The number of thioether (sulfide) groups is 1. The lowest BCUT2D eigenvalue weighted by Gasteiger charge is -2.26. The predicted octanol–water partition coefficient (Wildman–Crippen LogP) is 5.97. The van der Waals surface area contributed by atoms with Crippen LogP contribution in [0.25, 0.3) is 10.2 Å². The van der Waals surface area contributed by atoms with Crippen molar-refractivity contribution in [3.63, 3.8) is 0 Å². The van der Waals surface area contributed by atoms with Crippen molar-refractivity contribution in [2.75, 3.05) is 5.73 Å². The van der Waals surface area contributed by atoms with Gasteiger partial charge < -0.3 is 10.5 Å². The molecule has 1 atom stereocenters. The second kappa shape index (κ2) is 7.76. The van der Waals surface area contributed by atoms with Crippen LogP contribution in [0.2, 0.25) is 10.0 Å². The molecule has 3 aromatic rings. The SMILES string of the molecule is CC(C)[C@H]1Cc2c(sc3nc(SCc4ccc(Cl)c(Cl)c4)nc(N)c23)CO1. The van der Waals surface area contributed by atoms with Gasteiger partial charge in [-0.2, -0.15) is 0 Å². The fraction of sp³-hybridized carbons (Fsp3) is 0.368. The van der Waals surface area contributed by atoms with Gasteiger partial charge in [-0.15, -0.1) is 11.3 Å². The van der Waals surface area contributed by atoms with Gasteiger partial charge in [0.1, 0.15) is 10.6 Å². The van der Waals surface area contributed by atoms with Crippen LogP contribution in [0.1, 0.15) is 29.9 Å². The predicted molar refractivity (Wildman–Crippen MR) is 115 cm³/mol.